The van der Waals surface area contributed by atoms with Gasteiger partial charge < -0.3 is 0 Å². The second-order valence-corrected chi connectivity index (χ2v) is 11.4. The standard InChI is InChI=1S/C43H26N2/c1-2-13-31(14-3-1)43-44-39-20-10-11-21-40(39)45(43)34-26-24-30(25-27-34)41-35-16-6-8-18-37(35)42(38-19-9-7-17-36(38)41)33-23-22-29-12-4-5-15-32(29)28-33/h2,4-28H. The smallest absolute Gasteiger partial charge is 0.146 e. The Morgan fingerprint density at radius 2 is 1.11 bits per heavy atom. The number of para-hydroxylation sites is 2. The summed E-state index contributed by atoms with van der Waals surface area (Å²) in [5, 5.41) is 7.51. The molecule has 9 rings (SSSR count). The summed E-state index contributed by atoms with van der Waals surface area (Å²) in [7, 11) is 0. The SMILES string of the molecule is C1=C=CC(c2nc3ccccc3n2-c2ccc(-c3c4ccccc4c(-c4ccc5ccccc5c4)c4ccccc34)cc2)=CC=1. The highest BCUT2D eigenvalue weighted by molar-refractivity contribution is 6.21. The molecule has 45 heavy (non-hydrogen) atoms. The fraction of sp³-hybridized carbons (Fsp3) is 0. The minimum Gasteiger partial charge on any atom is -0.292 e. The maximum Gasteiger partial charge on any atom is 0.146 e. The highest BCUT2D eigenvalue weighted by Crippen LogP contribution is 2.44. The van der Waals surface area contributed by atoms with Crippen molar-refractivity contribution in [2.45, 2.75) is 0 Å². The van der Waals surface area contributed by atoms with Crippen molar-refractivity contribution in [2.75, 3.05) is 0 Å². The Labute approximate surface area is 260 Å². The molecule has 0 aliphatic heterocycles. The zero-order valence-electron chi connectivity index (χ0n) is 24.4. The lowest BCUT2D eigenvalue weighted by atomic mass is 9.85. The van der Waals surface area contributed by atoms with Crippen molar-refractivity contribution in [2.24, 2.45) is 0 Å². The van der Waals surface area contributed by atoms with Gasteiger partial charge in [-0.3, -0.25) is 4.57 Å². The maximum absolute atomic E-state index is 5.01. The van der Waals surface area contributed by atoms with E-state index in [1.54, 1.807) is 0 Å². The van der Waals surface area contributed by atoms with Gasteiger partial charge >= 0.3 is 0 Å². The predicted octanol–water partition coefficient (Wildman–Crippen LogP) is 11.1. The van der Waals surface area contributed by atoms with Gasteiger partial charge in [-0.15, -0.1) is 0 Å². The van der Waals surface area contributed by atoms with Crippen LogP contribution in [0.2, 0.25) is 0 Å². The number of hydrogen-bond acceptors (Lipinski definition) is 1. The lowest BCUT2D eigenvalue weighted by Crippen LogP contribution is -2.00. The van der Waals surface area contributed by atoms with Gasteiger partial charge in [0.2, 0.25) is 0 Å². The Morgan fingerprint density at radius 3 is 1.80 bits per heavy atom. The lowest BCUT2D eigenvalue weighted by Gasteiger charge is -2.18. The normalized spacial score (nSPS) is 12.5. The molecule has 1 aliphatic rings. The third-order valence-corrected chi connectivity index (χ3v) is 8.86. The van der Waals surface area contributed by atoms with E-state index >= 15 is 0 Å². The van der Waals surface area contributed by atoms with Crippen LogP contribution in [0.5, 0.6) is 0 Å². The summed E-state index contributed by atoms with van der Waals surface area (Å²) in [6, 6.07) is 50.3. The minimum absolute atomic E-state index is 0.893. The second-order valence-electron chi connectivity index (χ2n) is 11.4. The molecule has 8 aromatic rings. The van der Waals surface area contributed by atoms with E-state index in [-0.39, 0.29) is 0 Å². The topological polar surface area (TPSA) is 17.8 Å². The molecule has 0 radical (unpaired) electrons. The van der Waals surface area contributed by atoms with Crippen molar-refractivity contribution in [3.8, 4) is 27.9 Å². The van der Waals surface area contributed by atoms with Crippen LogP contribution in [0.1, 0.15) is 5.82 Å². The first-order valence-corrected chi connectivity index (χ1v) is 15.2. The first-order valence-electron chi connectivity index (χ1n) is 15.2. The summed E-state index contributed by atoms with van der Waals surface area (Å²) in [6.45, 7) is 0. The fourth-order valence-corrected chi connectivity index (χ4v) is 6.84. The Balaban J connectivity index is 1.25. The third-order valence-electron chi connectivity index (χ3n) is 8.86. The number of rotatable bonds is 4. The van der Waals surface area contributed by atoms with Crippen LogP contribution in [-0.4, -0.2) is 9.55 Å². The van der Waals surface area contributed by atoms with E-state index in [9.17, 15) is 0 Å². The van der Waals surface area contributed by atoms with E-state index in [0.717, 1.165) is 28.1 Å². The molecular formula is C43H26N2. The van der Waals surface area contributed by atoms with Gasteiger partial charge in [0.1, 0.15) is 5.82 Å². The van der Waals surface area contributed by atoms with E-state index in [0.29, 0.717) is 0 Å². The molecule has 0 saturated carbocycles. The maximum atomic E-state index is 5.01. The predicted molar refractivity (Wildman–Crippen MR) is 189 cm³/mol. The van der Waals surface area contributed by atoms with Crippen LogP contribution < -0.4 is 0 Å². The molecule has 0 bridgehead atoms. The van der Waals surface area contributed by atoms with Crippen molar-refractivity contribution < 1.29 is 0 Å². The van der Waals surface area contributed by atoms with Gasteiger partial charge in [0.25, 0.3) is 0 Å². The number of hydrogen-bond donors (Lipinski definition) is 0. The largest absolute Gasteiger partial charge is 0.292 e. The lowest BCUT2D eigenvalue weighted by molar-refractivity contribution is 1.06. The number of imidazole rings is 1. The zero-order valence-corrected chi connectivity index (χ0v) is 24.4. The minimum atomic E-state index is 0.893. The van der Waals surface area contributed by atoms with Gasteiger partial charge in [-0.2, -0.15) is 0 Å². The van der Waals surface area contributed by atoms with Crippen LogP contribution >= 0.6 is 0 Å². The molecule has 0 amide bonds. The molecule has 0 spiro atoms. The fourth-order valence-electron chi connectivity index (χ4n) is 6.84. The average Bonchev–Trinajstić information content (AvgIpc) is 3.51. The van der Waals surface area contributed by atoms with Crippen LogP contribution in [-0.2, 0) is 0 Å². The summed E-state index contributed by atoms with van der Waals surface area (Å²) in [5.41, 5.74) is 15.2. The van der Waals surface area contributed by atoms with Crippen LogP contribution in [0.4, 0.5) is 0 Å². The van der Waals surface area contributed by atoms with Crippen LogP contribution in [0, 0.1) is 0 Å². The van der Waals surface area contributed by atoms with Gasteiger partial charge in [0, 0.05) is 11.3 Å². The average molecular weight is 571 g/mol. The molecule has 1 aliphatic carbocycles. The summed E-state index contributed by atoms with van der Waals surface area (Å²) < 4.78 is 2.24. The van der Waals surface area contributed by atoms with Gasteiger partial charge in [0.05, 0.1) is 11.0 Å². The highest BCUT2D eigenvalue weighted by Gasteiger charge is 2.18. The van der Waals surface area contributed by atoms with Crippen molar-refractivity contribution >= 4 is 48.9 Å². The second kappa shape index (κ2) is 10.2. The molecule has 208 valence electrons. The first kappa shape index (κ1) is 25.3. The van der Waals surface area contributed by atoms with E-state index < -0.39 is 0 Å². The van der Waals surface area contributed by atoms with E-state index in [2.05, 4.69) is 149 Å². The molecule has 0 saturated heterocycles. The number of allylic oxidation sites excluding steroid dienone is 4. The van der Waals surface area contributed by atoms with Gasteiger partial charge in [-0.25, -0.2) is 4.98 Å². The summed E-state index contributed by atoms with van der Waals surface area (Å²) in [6.07, 6.45) is 5.87. The number of fused-ring (bicyclic) bond motifs is 4. The quantitative estimate of drug-likeness (QED) is 0.152. The molecular weight excluding hydrogens is 544 g/mol. The van der Waals surface area contributed by atoms with Crippen molar-refractivity contribution in [1.29, 1.82) is 0 Å². The van der Waals surface area contributed by atoms with Crippen LogP contribution in [0.15, 0.2) is 169 Å². The van der Waals surface area contributed by atoms with Gasteiger partial charge in [0.15, 0.2) is 0 Å². The summed E-state index contributed by atoms with van der Waals surface area (Å²) in [4.78, 5) is 5.01. The monoisotopic (exact) mass is 570 g/mol. The van der Waals surface area contributed by atoms with E-state index in [1.807, 2.05) is 24.3 Å². The molecule has 0 fully saturated rings. The van der Waals surface area contributed by atoms with Crippen LogP contribution in [0.3, 0.4) is 0 Å². The molecule has 2 heteroatoms. The number of benzene rings is 7. The van der Waals surface area contributed by atoms with Crippen LogP contribution in [0.25, 0.3) is 76.9 Å². The van der Waals surface area contributed by atoms with Crippen molar-refractivity contribution in [3.05, 3.63) is 175 Å². The Kier molecular flexibility index (Phi) is 5.76. The Bertz CT molecular complexity index is 2540. The third kappa shape index (κ3) is 4.10. The van der Waals surface area contributed by atoms with Gasteiger partial charge in [-0.1, -0.05) is 121 Å². The number of nitrogens with zero attached hydrogens (tertiary/aromatic N) is 2. The summed E-state index contributed by atoms with van der Waals surface area (Å²) >= 11 is 0. The van der Waals surface area contributed by atoms with Gasteiger partial charge in [-0.05, 0) is 103 Å². The van der Waals surface area contributed by atoms with Crippen molar-refractivity contribution in [1.82, 2.24) is 9.55 Å². The first-order chi connectivity index (χ1) is 22.3. The molecule has 7 aromatic carbocycles. The van der Waals surface area contributed by atoms with E-state index in [1.165, 1.54) is 54.6 Å². The highest BCUT2D eigenvalue weighted by atomic mass is 15.1. The number of aromatic nitrogens is 2. The zero-order chi connectivity index (χ0) is 29.7. The molecule has 0 N–H and O–H groups in total. The molecule has 2 nitrogen and oxygen atoms in total. The molecule has 0 atom stereocenters. The summed E-state index contributed by atoms with van der Waals surface area (Å²) in [5.74, 6) is 0.893. The Morgan fingerprint density at radius 1 is 0.511 bits per heavy atom. The molecule has 0 unspecified atom stereocenters. The van der Waals surface area contributed by atoms with E-state index in [4.69, 9.17) is 4.98 Å². The molecule has 1 aromatic heterocycles. The molecule has 1 heterocycles. The Hall–Kier alpha value is -6.17. The van der Waals surface area contributed by atoms with Crippen molar-refractivity contribution in [3.63, 3.8) is 0 Å².